The maximum Gasteiger partial charge on any atom is 0.343 e. The zero-order valence-electron chi connectivity index (χ0n) is 11.9. The van der Waals surface area contributed by atoms with E-state index in [0.29, 0.717) is 10.0 Å². The zero-order valence-corrected chi connectivity index (χ0v) is 13.5. The molecule has 0 spiro atoms. The lowest BCUT2D eigenvalue weighted by molar-refractivity contribution is 0.0727. The number of hydrogen-bond acceptors (Lipinski definition) is 5. The number of nitrogens with zero attached hydrogens (tertiary/aromatic N) is 4. The average molecular weight is 377 g/mol. The van der Waals surface area contributed by atoms with Crippen LogP contribution in [0.5, 0.6) is 5.75 Å². The second-order valence-electron chi connectivity index (χ2n) is 4.72. The van der Waals surface area contributed by atoms with Crippen molar-refractivity contribution < 1.29 is 13.9 Å². The number of carbonyl (C=O) groups is 1. The molecule has 0 atom stereocenters. The number of aromatic nitrogens is 4. The van der Waals surface area contributed by atoms with E-state index in [1.807, 2.05) is 6.92 Å². The summed E-state index contributed by atoms with van der Waals surface area (Å²) in [6.45, 7) is 1.81. The molecular formula is C15H10BrFN4O2. The van der Waals surface area contributed by atoms with E-state index in [4.69, 9.17) is 4.74 Å². The molecule has 116 valence electrons. The van der Waals surface area contributed by atoms with E-state index < -0.39 is 11.8 Å². The van der Waals surface area contributed by atoms with Crippen molar-refractivity contribution in [2.24, 2.45) is 0 Å². The molecule has 1 heterocycles. The molecule has 2 aromatic carbocycles. The molecule has 0 aliphatic carbocycles. The molecule has 3 aromatic rings. The second kappa shape index (κ2) is 6.25. The lowest BCUT2D eigenvalue weighted by Crippen LogP contribution is -2.10. The van der Waals surface area contributed by atoms with Gasteiger partial charge in [-0.1, -0.05) is 15.9 Å². The maximum absolute atomic E-state index is 13.7. The van der Waals surface area contributed by atoms with Gasteiger partial charge >= 0.3 is 5.97 Å². The van der Waals surface area contributed by atoms with Crippen LogP contribution >= 0.6 is 15.9 Å². The second-order valence-corrected chi connectivity index (χ2v) is 5.64. The summed E-state index contributed by atoms with van der Waals surface area (Å²) in [5.74, 6) is -1.38. The van der Waals surface area contributed by atoms with Crippen LogP contribution in [0.2, 0.25) is 0 Å². The summed E-state index contributed by atoms with van der Waals surface area (Å²) in [7, 11) is 0. The van der Waals surface area contributed by atoms with E-state index in [9.17, 15) is 9.18 Å². The van der Waals surface area contributed by atoms with Gasteiger partial charge < -0.3 is 4.74 Å². The SMILES string of the molecule is Cc1cc(C(=O)Oc2ccc(Br)cc2F)ccc1-n1cnnn1. The average Bonchev–Trinajstić information content (AvgIpc) is 3.04. The van der Waals surface area contributed by atoms with Crippen molar-refractivity contribution in [2.75, 3.05) is 0 Å². The molecule has 8 heteroatoms. The van der Waals surface area contributed by atoms with Crippen LogP contribution in [-0.2, 0) is 0 Å². The standard InChI is InChI=1S/C15H10BrFN4O2/c1-9-6-10(2-4-13(9)21-8-18-19-20-21)15(22)23-14-5-3-11(16)7-12(14)17/h2-8H,1H3. The van der Waals surface area contributed by atoms with Crippen molar-refractivity contribution in [3.63, 3.8) is 0 Å². The molecule has 0 radical (unpaired) electrons. The molecule has 1 aromatic heterocycles. The van der Waals surface area contributed by atoms with Crippen LogP contribution in [0.3, 0.4) is 0 Å². The Hall–Kier alpha value is -2.61. The van der Waals surface area contributed by atoms with Crippen molar-refractivity contribution in [3.05, 3.63) is 64.1 Å². The van der Waals surface area contributed by atoms with Crippen LogP contribution in [-0.4, -0.2) is 26.2 Å². The van der Waals surface area contributed by atoms with Gasteiger partial charge in [0.1, 0.15) is 6.33 Å². The highest BCUT2D eigenvalue weighted by atomic mass is 79.9. The number of esters is 1. The molecule has 0 aliphatic rings. The van der Waals surface area contributed by atoms with Gasteiger partial charge in [0.05, 0.1) is 11.3 Å². The Morgan fingerprint density at radius 3 is 2.74 bits per heavy atom. The molecular weight excluding hydrogens is 367 g/mol. The minimum atomic E-state index is -0.641. The number of halogens is 2. The molecule has 0 fully saturated rings. The highest BCUT2D eigenvalue weighted by molar-refractivity contribution is 9.10. The minimum absolute atomic E-state index is 0.125. The summed E-state index contributed by atoms with van der Waals surface area (Å²) in [5, 5.41) is 10.9. The summed E-state index contributed by atoms with van der Waals surface area (Å²) in [6.07, 6.45) is 1.46. The van der Waals surface area contributed by atoms with Crippen LogP contribution in [0.15, 0.2) is 47.2 Å². The maximum atomic E-state index is 13.7. The normalized spacial score (nSPS) is 10.6. The molecule has 0 amide bonds. The van der Waals surface area contributed by atoms with E-state index in [-0.39, 0.29) is 5.75 Å². The third-order valence-electron chi connectivity index (χ3n) is 3.12. The molecule has 0 aliphatic heterocycles. The largest absolute Gasteiger partial charge is 0.420 e. The lowest BCUT2D eigenvalue weighted by Gasteiger charge is -2.08. The van der Waals surface area contributed by atoms with Crippen LogP contribution < -0.4 is 4.74 Å². The van der Waals surface area contributed by atoms with Crippen molar-refractivity contribution in [1.82, 2.24) is 20.2 Å². The quantitative estimate of drug-likeness (QED) is 0.518. The van der Waals surface area contributed by atoms with Gasteiger partial charge in [0.25, 0.3) is 0 Å². The minimum Gasteiger partial charge on any atom is -0.420 e. The predicted molar refractivity (Wildman–Crippen MR) is 82.9 cm³/mol. The van der Waals surface area contributed by atoms with Gasteiger partial charge in [-0.3, -0.25) is 0 Å². The number of carbonyl (C=O) groups excluding carboxylic acids is 1. The number of ether oxygens (including phenoxy) is 1. The number of rotatable bonds is 3. The Kier molecular flexibility index (Phi) is 4.16. The first-order chi connectivity index (χ1) is 11.0. The molecule has 0 N–H and O–H groups in total. The van der Waals surface area contributed by atoms with Crippen molar-refractivity contribution in [3.8, 4) is 11.4 Å². The number of hydrogen-bond donors (Lipinski definition) is 0. The fraction of sp³-hybridized carbons (Fsp3) is 0.0667. The van der Waals surface area contributed by atoms with Gasteiger partial charge in [-0.25, -0.2) is 13.9 Å². The van der Waals surface area contributed by atoms with Gasteiger partial charge in [-0.15, -0.1) is 5.10 Å². The zero-order chi connectivity index (χ0) is 16.4. The summed E-state index contributed by atoms with van der Waals surface area (Å²) < 4.78 is 20.9. The third-order valence-corrected chi connectivity index (χ3v) is 3.62. The predicted octanol–water partition coefficient (Wildman–Crippen LogP) is 3.09. The Morgan fingerprint density at radius 2 is 2.09 bits per heavy atom. The van der Waals surface area contributed by atoms with Gasteiger partial charge in [-0.2, -0.15) is 0 Å². The van der Waals surface area contributed by atoms with Crippen molar-refractivity contribution >= 4 is 21.9 Å². The Balaban J connectivity index is 1.84. The van der Waals surface area contributed by atoms with E-state index in [0.717, 1.165) is 11.3 Å². The molecule has 6 nitrogen and oxygen atoms in total. The lowest BCUT2D eigenvalue weighted by atomic mass is 10.1. The summed E-state index contributed by atoms with van der Waals surface area (Å²) >= 11 is 3.14. The number of benzene rings is 2. The highest BCUT2D eigenvalue weighted by Gasteiger charge is 2.14. The monoisotopic (exact) mass is 376 g/mol. The van der Waals surface area contributed by atoms with Crippen LogP contribution in [0.1, 0.15) is 15.9 Å². The Bertz CT molecular complexity index is 868. The molecule has 0 saturated carbocycles. The molecule has 23 heavy (non-hydrogen) atoms. The summed E-state index contributed by atoms with van der Waals surface area (Å²) in [6, 6.07) is 9.12. The van der Waals surface area contributed by atoms with E-state index in [1.165, 1.54) is 23.1 Å². The number of aryl methyl sites for hydroxylation is 1. The van der Waals surface area contributed by atoms with Crippen LogP contribution in [0.25, 0.3) is 5.69 Å². The first-order valence-electron chi connectivity index (χ1n) is 6.56. The molecule has 3 rings (SSSR count). The van der Waals surface area contributed by atoms with Crippen LogP contribution in [0.4, 0.5) is 4.39 Å². The Morgan fingerprint density at radius 1 is 1.26 bits per heavy atom. The summed E-state index contributed by atoms with van der Waals surface area (Å²) in [5.41, 5.74) is 1.83. The molecule has 0 saturated heterocycles. The van der Waals surface area contributed by atoms with Gasteiger partial charge in [0.2, 0.25) is 0 Å². The fourth-order valence-corrected chi connectivity index (χ4v) is 2.36. The third kappa shape index (κ3) is 3.26. The first kappa shape index (κ1) is 15.3. The van der Waals surface area contributed by atoms with Gasteiger partial charge in [0, 0.05) is 4.47 Å². The smallest absolute Gasteiger partial charge is 0.343 e. The van der Waals surface area contributed by atoms with Gasteiger partial charge in [0.15, 0.2) is 11.6 Å². The van der Waals surface area contributed by atoms with Crippen molar-refractivity contribution in [2.45, 2.75) is 6.92 Å². The first-order valence-corrected chi connectivity index (χ1v) is 7.35. The van der Waals surface area contributed by atoms with Crippen molar-refractivity contribution in [1.29, 1.82) is 0 Å². The highest BCUT2D eigenvalue weighted by Crippen LogP contribution is 2.23. The van der Waals surface area contributed by atoms with Gasteiger partial charge in [-0.05, 0) is 59.3 Å². The summed E-state index contributed by atoms with van der Waals surface area (Å²) in [4.78, 5) is 12.2. The fourth-order valence-electron chi connectivity index (χ4n) is 2.03. The van der Waals surface area contributed by atoms with E-state index in [2.05, 4.69) is 31.5 Å². The molecule has 0 bridgehead atoms. The Labute approximate surface area is 139 Å². The topological polar surface area (TPSA) is 69.9 Å². The van der Waals surface area contributed by atoms with Crippen LogP contribution in [0, 0.1) is 12.7 Å². The van der Waals surface area contributed by atoms with E-state index in [1.54, 1.807) is 24.3 Å². The molecule has 0 unspecified atom stereocenters. The van der Waals surface area contributed by atoms with E-state index >= 15 is 0 Å². The number of tetrazole rings is 1.